The molecule has 0 radical (unpaired) electrons. The number of rotatable bonds is 7. The molecule has 90 valence electrons. The Bertz CT molecular complexity index is 302. The van der Waals surface area contributed by atoms with Crippen molar-refractivity contribution in [2.24, 2.45) is 0 Å². The van der Waals surface area contributed by atoms with Crippen LogP contribution in [-0.4, -0.2) is 43.7 Å². The minimum absolute atomic E-state index is 0.671. The summed E-state index contributed by atoms with van der Waals surface area (Å²) < 4.78 is 5.56. The van der Waals surface area contributed by atoms with Gasteiger partial charge in [0.25, 0.3) is 0 Å². The Morgan fingerprint density at radius 3 is 2.88 bits per heavy atom. The minimum Gasteiger partial charge on any atom is -0.476 e. The topological polar surface area (TPSA) is 37.4 Å². The summed E-state index contributed by atoms with van der Waals surface area (Å²) >= 11 is 0. The second-order valence-corrected chi connectivity index (χ2v) is 3.90. The van der Waals surface area contributed by atoms with Crippen LogP contribution in [0.25, 0.3) is 0 Å². The first kappa shape index (κ1) is 12.9. The van der Waals surface area contributed by atoms with Crippen molar-refractivity contribution in [2.45, 2.75) is 13.5 Å². The number of hydrogen-bond acceptors (Lipinski definition) is 4. The average molecular weight is 223 g/mol. The molecule has 1 rings (SSSR count). The van der Waals surface area contributed by atoms with E-state index in [2.05, 4.69) is 22.1 Å². The predicted molar refractivity (Wildman–Crippen MR) is 65.7 cm³/mol. The molecule has 0 aliphatic heterocycles. The highest BCUT2D eigenvalue weighted by molar-refractivity contribution is 5.15. The number of pyridine rings is 1. The van der Waals surface area contributed by atoms with Crippen molar-refractivity contribution in [3.05, 3.63) is 23.9 Å². The molecule has 0 aromatic carbocycles. The maximum atomic E-state index is 5.56. The lowest BCUT2D eigenvalue weighted by Gasteiger charge is -2.11. The van der Waals surface area contributed by atoms with Crippen molar-refractivity contribution in [1.82, 2.24) is 15.2 Å². The van der Waals surface area contributed by atoms with E-state index in [1.807, 2.05) is 32.3 Å². The fourth-order valence-electron chi connectivity index (χ4n) is 1.22. The van der Waals surface area contributed by atoms with E-state index >= 15 is 0 Å². The Morgan fingerprint density at radius 1 is 1.38 bits per heavy atom. The Hall–Kier alpha value is -1.13. The van der Waals surface area contributed by atoms with Gasteiger partial charge in [-0.05, 0) is 26.7 Å². The van der Waals surface area contributed by atoms with E-state index in [4.69, 9.17) is 4.74 Å². The van der Waals surface area contributed by atoms with Crippen LogP contribution in [0.5, 0.6) is 5.88 Å². The van der Waals surface area contributed by atoms with E-state index in [1.165, 1.54) is 0 Å². The lowest BCUT2D eigenvalue weighted by atomic mass is 10.3. The normalized spacial score (nSPS) is 10.8. The molecule has 0 unspecified atom stereocenters. The highest BCUT2D eigenvalue weighted by Gasteiger charge is 1.98. The van der Waals surface area contributed by atoms with Crippen LogP contribution in [0.15, 0.2) is 18.2 Å². The molecular formula is C12H21N3O. The second kappa shape index (κ2) is 7.19. The SMILES string of the molecule is CCNCc1cccc(OCCN(C)C)n1. The van der Waals surface area contributed by atoms with Gasteiger partial charge in [0.15, 0.2) is 0 Å². The quantitative estimate of drug-likeness (QED) is 0.752. The van der Waals surface area contributed by atoms with Crippen molar-refractivity contribution < 1.29 is 4.74 Å². The zero-order chi connectivity index (χ0) is 11.8. The lowest BCUT2D eigenvalue weighted by Crippen LogP contribution is -2.20. The Balaban J connectivity index is 2.40. The third-order valence-electron chi connectivity index (χ3n) is 2.13. The van der Waals surface area contributed by atoms with Crippen molar-refractivity contribution in [3.63, 3.8) is 0 Å². The zero-order valence-electron chi connectivity index (χ0n) is 10.4. The number of likely N-dealkylation sites (N-methyl/N-ethyl adjacent to an activating group) is 1. The molecule has 1 aromatic rings. The summed E-state index contributed by atoms with van der Waals surface area (Å²) in [6.45, 7) is 5.40. The molecule has 0 spiro atoms. The molecule has 16 heavy (non-hydrogen) atoms. The van der Waals surface area contributed by atoms with E-state index in [0.29, 0.717) is 12.5 Å². The van der Waals surface area contributed by atoms with Crippen LogP contribution < -0.4 is 10.1 Å². The highest BCUT2D eigenvalue weighted by atomic mass is 16.5. The van der Waals surface area contributed by atoms with Crippen LogP contribution in [0.3, 0.4) is 0 Å². The largest absolute Gasteiger partial charge is 0.476 e. The third-order valence-corrected chi connectivity index (χ3v) is 2.13. The molecule has 0 aliphatic rings. The van der Waals surface area contributed by atoms with Gasteiger partial charge in [-0.1, -0.05) is 13.0 Å². The monoisotopic (exact) mass is 223 g/mol. The summed E-state index contributed by atoms with van der Waals surface area (Å²) in [4.78, 5) is 6.49. The van der Waals surface area contributed by atoms with Gasteiger partial charge in [-0.3, -0.25) is 0 Å². The molecule has 1 heterocycles. The van der Waals surface area contributed by atoms with Gasteiger partial charge >= 0.3 is 0 Å². The van der Waals surface area contributed by atoms with Crippen molar-refractivity contribution >= 4 is 0 Å². The van der Waals surface area contributed by atoms with Gasteiger partial charge in [0.05, 0.1) is 5.69 Å². The van der Waals surface area contributed by atoms with Gasteiger partial charge in [0.2, 0.25) is 5.88 Å². The first-order valence-electron chi connectivity index (χ1n) is 5.66. The summed E-state index contributed by atoms with van der Waals surface area (Å²) in [6, 6.07) is 5.87. The number of nitrogens with zero attached hydrogens (tertiary/aromatic N) is 2. The second-order valence-electron chi connectivity index (χ2n) is 3.90. The molecule has 0 atom stereocenters. The number of hydrogen-bond donors (Lipinski definition) is 1. The van der Waals surface area contributed by atoms with Crippen LogP contribution in [0.2, 0.25) is 0 Å². The van der Waals surface area contributed by atoms with Crippen LogP contribution >= 0.6 is 0 Å². The van der Waals surface area contributed by atoms with Crippen LogP contribution in [0.4, 0.5) is 0 Å². The molecule has 0 saturated carbocycles. The fraction of sp³-hybridized carbons (Fsp3) is 0.583. The summed E-state index contributed by atoms with van der Waals surface area (Å²) in [5, 5.41) is 3.24. The third kappa shape index (κ3) is 5.09. The molecule has 4 nitrogen and oxygen atoms in total. The van der Waals surface area contributed by atoms with Gasteiger partial charge < -0.3 is 15.0 Å². The van der Waals surface area contributed by atoms with Gasteiger partial charge in [0, 0.05) is 19.2 Å². The first-order valence-corrected chi connectivity index (χ1v) is 5.66. The Kier molecular flexibility index (Phi) is 5.82. The maximum Gasteiger partial charge on any atom is 0.213 e. The Morgan fingerprint density at radius 2 is 2.19 bits per heavy atom. The minimum atomic E-state index is 0.671. The van der Waals surface area contributed by atoms with E-state index in [-0.39, 0.29) is 0 Å². The average Bonchev–Trinajstić information content (AvgIpc) is 2.26. The van der Waals surface area contributed by atoms with E-state index < -0.39 is 0 Å². The fourth-order valence-corrected chi connectivity index (χ4v) is 1.22. The van der Waals surface area contributed by atoms with E-state index in [9.17, 15) is 0 Å². The standard InChI is InChI=1S/C12H21N3O/c1-4-13-10-11-6-5-7-12(14-11)16-9-8-15(2)3/h5-7,13H,4,8-10H2,1-3H3. The van der Waals surface area contributed by atoms with E-state index in [1.54, 1.807) is 0 Å². The number of aromatic nitrogens is 1. The van der Waals surface area contributed by atoms with Crippen molar-refractivity contribution in [2.75, 3.05) is 33.8 Å². The molecule has 0 saturated heterocycles. The number of ether oxygens (including phenoxy) is 1. The van der Waals surface area contributed by atoms with Crippen molar-refractivity contribution in [3.8, 4) is 5.88 Å². The van der Waals surface area contributed by atoms with Crippen LogP contribution in [0, 0.1) is 0 Å². The number of nitrogens with one attached hydrogen (secondary N) is 1. The summed E-state index contributed by atoms with van der Waals surface area (Å²) in [5.41, 5.74) is 1.02. The predicted octanol–water partition coefficient (Wildman–Crippen LogP) is 1.13. The highest BCUT2D eigenvalue weighted by Crippen LogP contribution is 2.07. The van der Waals surface area contributed by atoms with Gasteiger partial charge in [-0.25, -0.2) is 4.98 Å². The molecule has 1 aromatic heterocycles. The van der Waals surface area contributed by atoms with Gasteiger partial charge in [0.1, 0.15) is 6.61 Å². The molecule has 0 bridgehead atoms. The molecule has 0 fully saturated rings. The zero-order valence-corrected chi connectivity index (χ0v) is 10.4. The molecular weight excluding hydrogens is 202 g/mol. The van der Waals surface area contributed by atoms with Crippen LogP contribution in [-0.2, 0) is 6.54 Å². The first-order chi connectivity index (χ1) is 7.72. The Labute approximate surface area is 97.6 Å². The molecule has 0 amide bonds. The lowest BCUT2D eigenvalue weighted by molar-refractivity contribution is 0.253. The van der Waals surface area contributed by atoms with Crippen LogP contribution in [0.1, 0.15) is 12.6 Å². The van der Waals surface area contributed by atoms with Gasteiger partial charge in [-0.15, -0.1) is 0 Å². The summed E-state index contributed by atoms with van der Waals surface area (Å²) in [7, 11) is 4.05. The van der Waals surface area contributed by atoms with Crippen molar-refractivity contribution in [1.29, 1.82) is 0 Å². The smallest absolute Gasteiger partial charge is 0.213 e. The van der Waals surface area contributed by atoms with E-state index in [0.717, 1.165) is 25.3 Å². The maximum absolute atomic E-state index is 5.56. The van der Waals surface area contributed by atoms with Gasteiger partial charge in [-0.2, -0.15) is 0 Å². The molecule has 4 heteroatoms. The molecule has 0 aliphatic carbocycles. The summed E-state index contributed by atoms with van der Waals surface area (Å²) in [5.74, 6) is 0.706. The summed E-state index contributed by atoms with van der Waals surface area (Å²) in [6.07, 6.45) is 0. The molecule has 1 N–H and O–H groups in total.